The summed E-state index contributed by atoms with van der Waals surface area (Å²) in [5.74, 6) is 3.52. The van der Waals surface area contributed by atoms with E-state index in [0.717, 1.165) is 12.5 Å². The van der Waals surface area contributed by atoms with Crippen LogP contribution in [-0.2, 0) is 4.74 Å². The van der Waals surface area contributed by atoms with E-state index in [9.17, 15) is 0 Å². The molecule has 0 amide bonds. The molecule has 0 radical (unpaired) electrons. The Labute approximate surface area is 117 Å². The van der Waals surface area contributed by atoms with Crippen molar-refractivity contribution in [2.24, 2.45) is 5.92 Å². The fourth-order valence-corrected chi connectivity index (χ4v) is 4.69. The van der Waals surface area contributed by atoms with Gasteiger partial charge in [-0.2, -0.15) is 11.8 Å². The van der Waals surface area contributed by atoms with Gasteiger partial charge < -0.3 is 10.1 Å². The van der Waals surface area contributed by atoms with Gasteiger partial charge in [0.15, 0.2) is 0 Å². The second-order valence-electron chi connectivity index (χ2n) is 5.97. The zero-order valence-corrected chi connectivity index (χ0v) is 12.9. The highest BCUT2D eigenvalue weighted by atomic mass is 32.2. The van der Waals surface area contributed by atoms with Crippen LogP contribution in [-0.4, -0.2) is 36.8 Å². The normalized spacial score (nSPS) is 29.3. The summed E-state index contributed by atoms with van der Waals surface area (Å²) in [6.45, 7) is 3.29. The van der Waals surface area contributed by atoms with Crippen molar-refractivity contribution < 1.29 is 4.74 Å². The molecule has 2 unspecified atom stereocenters. The molecular weight excluding hydrogens is 242 g/mol. The Bertz CT molecular complexity index is 231. The molecule has 2 nitrogen and oxygen atoms in total. The van der Waals surface area contributed by atoms with Gasteiger partial charge in [-0.15, -0.1) is 0 Å². The minimum absolute atomic E-state index is 0.273. The van der Waals surface area contributed by atoms with Crippen LogP contribution >= 0.6 is 11.8 Å². The summed E-state index contributed by atoms with van der Waals surface area (Å²) in [5.41, 5.74) is 0.273. The molecule has 0 aromatic carbocycles. The highest BCUT2D eigenvalue weighted by molar-refractivity contribution is 7.99. The van der Waals surface area contributed by atoms with Crippen molar-refractivity contribution in [2.45, 2.75) is 63.5 Å². The first-order chi connectivity index (χ1) is 8.78. The van der Waals surface area contributed by atoms with Gasteiger partial charge in [0, 0.05) is 12.6 Å². The standard InChI is InChI=1S/C15H29NOS/c1-3-14(16-2)5-4-13-6-9-17-15(12-13)7-10-18-11-8-15/h13-14,16H,3-12H2,1-2H3. The van der Waals surface area contributed by atoms with Gasteiger partial charge in [-0.1, -0.05) is 6.92 Å². The molecule has 18 heavy (non-hydrogen) atoms. The Kier molecular flexibility index (Phi) is 5.84. The third-order valence-electron chi connectivity index (χ3n) is 4.82. The summed E-state index contributed by atoms with van der Waals surface area (Å²) in [5, 5.41) is 3.43. The first-order valence-corrected chi connectivity index (χ1v) is 8.82. The van der Waals surface area contributed by atoms with E-state index in [-0.39, 0.29) is 5.60 Å². The highest BCUT2D eigenvalue weighted by Crippen LogP contribution is 2.41. The van der Waals surface area contributed by atoms with Crippen LogP contribution in [0.3, 0.4) is 0 Å². The Morgan fingerprint density at radius 2 is 2.17 bits per heavy atom. The summed E-state index contributed by atoms with van der Waals surface area (Å²) in [4.78, 5) is 0. The summed E-state index contributed by atoms with van der Waals surface area (Å²) in [6, 6.07) is 0.714. The maximum Gasteiger partial charge on any atom is 0.0700 e. The molecule has 0 bridgehead atoms. The number of thioether (sulfide) groups is 1. The zero-order chi connectivity index (χ0) is 12.8. The lowest BCUT2D eigenvalue weighted by molar-refractivity contribution is -0.103. The van der Waals surface area contributed by atoms with Crippen molar-refractivity contribution in [1.29, 1.82) is 0 Å². The van der Waals surface area contributed by atoms with Gasteiger partial charge in [0.1, 0.15) is 0 Å². The molecule has 1 N–H and O–H groups in total. The van der Waals surface area contributed by atoms with Gasteiger partial charge in [0.25, 0.3) is 0 Å². The van der Waals surface area contributed by atoms with Crippen LogP contribution in [0.25, 0.3) is 0 Å². The summed E-state index contributed by atoms with van der Waals surface area (Å²) < 4.78 is 6.17. The minimum Gasteiger partial charge on any atom is -0.375 e. The molecule has 0 aromatic rings. The van der Waals surface area contributed by atoms with Crippen LogP contribution < -0.4 is 5.32 Å². The Morgan fingerprint density at radius 1 is 1.39 bits per heavy atom. The molecule has 2 saturated heterocycles. The fraction of sp³-hybridized carbons (Fsp3) is 1.00. The van der Waals surface area contributed by atoms with Crippen LogP contribution in [0.5, 0.6) is 0 Å². The molecule has 1 spiro atoms. The molecule has 0 aromatic heterocycles. The molecule has 2 aliphatic rings. The summed E-state index contributed by atoms with van der Waals surface area (Å²) in [7, 11) is 2.10. The number of ether oxygens (including phenoxy) is 1. The first kappa shape index (κ1) is 14.7. The predicted molar refractivity (Wildman–Crippen MR) is 80.3 cm³/mol. The number of hydrogen-bond acceptors (Lipinski definition) is 3. The fourth-order valence-electron chi connectivity index (χ4n) is 3.46. The van der Waals surface area contributed by atoms with Gasteiger partial charge in [0.2, 0.25) is 0 Å². The van der Waals surface area contributed by atoms with Gasteiger partial charge in [-0.25, -0.2) is 0 Å². The molecule has 106 valence electrons. The van der Waals surface area contributed by atoms with E-state index in [1.165, 1.54) is 56.5 Å². The van der Waals surface area contributed by atoms with E-state index in [4.69, 9.17) is 4.74 Å². The number of nitrogens with one attached hydrogen (secondary N) is 1. The molecule has 2 fully saturated rings. The summed E-state index contributed by atoms with van der Waals surface area (Å²) in [6.07, 6.45) is 9.17. The largest absolute Gasteiger partial charge is 0.375 e. The lowest BCUT2D eigenvalue weighted by Gasteiger charge is -2.43. The number of rotatable bonds is 5. The monoisotopic (exact) mass is 271 g/mol. The second kappa shape index (κ2) is 7.16. The Morgan fingerprint density at radius 3 is 2.83 bits per heavy atom. The van der Waals surface area contributed by atoms with Crippen molar-refractivity contribution in [3.05, 3.63) is 0 Å². The molecule has 2 aliphatic heterocycles. The predicted octanol–water partition coefficient (Wildman–Crippen LogP) is 3.46. The third kappa shape index (κ3) is 3.88. The quantitative estimate of drug-likeness (QED) is 0.827. The second-order valence-corrected chi connectivity index (χ2v) is 7.20. The van der Waals surface area contributed by atoms with Crippen molar-refractivity contribution in [1.82, 2.24) is 5.32 Å². The van der Waals surface area contributed by atoms with Crippen molar-refractivity contribution in [3.63, 3.8) is 0 Å². The topological polar surface area (TPSA) is 21.3 Å². The van der Waals surface area contributed by atoms with Gasteiger partial charge in [-0.05, 0) is 69.4 Å². The van der Waals surface area contributed by atoms with Gasteiger partial charge in [-0.3, -0.25) is 0 Å². The highest BCUT2D eigenvalue weighted by Gasteiger charge is 2.38. The number of hydrogen-bond donors (Lipinski definition) is 1. The molecular formula is C15H29NOS. The van der Waals surface area contributed by atoms with Crippen LogP contribution in [0.1, 0.15) is 51.9 Å². The van der Waals surface area contributed by atoms with Gasteiger partial charge >= 0.3 is 0 Å². The lowest BCUT2D eigenvalue weighted by atomic mass is 9.79. The smallest absolute Gasteiger partial charge is 0.0700 e. The maximum atomic E-state index is 6.17. The Balaban J connectivity index is 1.79. The summed E-state index contributed by atoms with van der Waals surface area (Å²) >= 11 is 2.10. The zero-order valence-electron chi connectivity index (χ0n) is 12.0. The van der Waals surface area contributed by atoms with Crippen molar-refractivity contribution >= 4 is 11.8 Å². The van der Waals surface area contributed by atoms with Crippen LogP contribution in [0.2, 0.25) is 0 Å². The minimum atomic E-state index is 0.273. The van der Waals surface area contributed by atoms with Crippen LogP contribution in [0.4, 0.5) is 0 Å². The maximum absolute atomic E-state index is 6.17. The van der Waals surface area contributed by atoms with E-state index in [1.54, 1.807) is 0 Å². The SMILES string of the molecule is CCC(CCC1CCOC2(CCSCC2)C1)NC. The van der Waals surface area contributed by atoms with E-state index >= 15 is 0 Å². The molecule has 2 heterocycles. The van der Waals surface area contributed by atoms with E-state index in [2.05, 4.69) is 31.1 Å². The molecule has 0 aliphatic carbocycles. The average Bonchev–Trinajstić information content (AvgIpc) is 2.41. The van der Waals surface area contributed by atoms with E-state index < -0.39 is 0 Å². The third-order valence-corrected chi connectivity index (χ3v) is 5.81. The molecule has 2 rings (SSSR count). The average molecular weight is 271 g/mol. The molecule has 0 saturated carbocycles. The Hall–Kier alpha value is 0.270. The first-order valence-electron chi connectivity index (χ1n) is 7.67. The molecule has 2 atom stereocenters. The molecule has 3 heteroatoms. The van der Waals surface area contributed by atoms with E-state index in [0.29, 0.717) is 6.04 Å². The lowest BCUT2D eigenvalue weighted by Crippen LogP contribution is -2.43. The van der Waals surface area contributed by atoms with E-state index in [1.807, 2.05) is 0 Å². The van der Waals surface area contributed by atoms with Crippen LogP contribution in [0, 0.1) is 5.92 Å². The van der Waals surface area contributed by atoms with Crippen molar-refractivity contribution in [2.75, 3.05) is 25.2 Å². The van der Waals surface area contributed by atoms with Crippen LogP contribution in [0.15, 0.2) is 0 Å². The van der Waals surface area contributed by atoms with Gasteiger partial charge in [0.05, 0.1) is 5.60 Å². The van der Waals surface area contributed by atoms with Crippen molar-refractivity contribution in [3.8, 4) is 0 Å².